The first-order valence-corrected chi connectivity index (χ1v) is 3.89. The van der Waals surface area contributed by atoms with E-state index in [9.17, 15) is 9.59 Å². The van der Waals surface area contributed by atoms with E-state index in [4.69, 9.17) is 16.6 Å². The van der Waals surface area contributed by atoms with Crippen molar-refractivity contribution in [3.8, 4) is 0 Å². The van der Waals surface area contributed by atoms with Gasteiger partial charge in [-0.05, 0) is 7.05 Å². The molecule has 0 aromatic rings. The van der Waals surface area contributed by atoms with Gasteiger partial charge in [-0.25, -0.2) is 0 Å². The number of rotatable bonds is 5. The van der Waals surface area contributed by atoms with Crippen LogP contribution in [0.5, 0.6) is 0 Å². The van der Waals surface area contributed by atoms with Crippen molar-refractivity contribution >= 4 is 11.9 Å². The molecule has 0 rings (SSSR count). The number of hydrogen-bond donors (Lipinski definition) is 4. The summed E-state index contributed by atoms with van der Waals surface area (Å²) in [7, 11) is 1.78. The standard InChI is InChI=1S/C4H10N2O.C3H7NO2/c1-6-3-2-4(5)7;4-2-1-3(5)6/h6H,2-3H2,1H3,(H2,5,7);1-2,4H2,(H,5,6). The summed E-state index contributed by atoms with van der Waals surface area (Å²) in [4.78, 5) is 19.5. The van der Waals surface area contributed by atoms with E-state index in [2.05, 4.69) is 5.32 Å². The molecule has 0 aromatic carbocycles. The first-order chi connectivity index (χ1) is 6.04. The van der Waals surface area contributed by atoms with Crippen LogP contribution >= 0.6 is 0 Å². The Bertz CT molecular complexity index is 150. The zero-order chi connectivity index (χ0) is 10.7. The number of carbonyl (C=O) groups excluding carboxylic acids is 1. The Kier molecular flexibility index (Phi) is 12.0. The summed E-state index contributed by atoms with van der Waals surface area (Å²) in [6, 6.07) is 0. The molecule has 6 nitrogen and oxygen atoms in total. The van der Waals surface area contributed by atoms with Gasteiger partial charge < -0.3 is 21.9 Å². The molecule has 0 saturated heterocycles. The first kappa shape index (κ1) is 14.4. The van der Waals surface area contributed by atoms with Gasteiger partial charge in [-0.3, -0.25) is 9.59 Å². The maximum absolute atomic E-state index is 9.94. The van der Waals surface area contributed by atoms with Crippen molar-refractivity contribution in [1.82, 2.24) is 5.32 Å². The van der Waals surface area contributed by atoms with Crippen molar-refractivity contribution < 1.29 is 14.7 Å². The lowest BCUT2D eigenvalue weighted by molar-refractivity contribution is -0.136. The van der Waals surface area contributed by atoms with Crippen molar-refractivity contribution in [2.45, 2.75) is 12.8 Å². The van der Waals surface area contributed by atoms with Crippen molar-refractivity contribution in [1.29, 1.82) is 0 Å². The van der Waals surface area contributed by atoms with E-state index in [0.717, 1.165) is 0 Å². The van der Waals surface area contributed by atoms with Gasteiger partial charge >= 0.3 is 5.97 Å². The largest absolute Gasteiger partial charge is 0.481 e. The molecular weight excluding hydrogens is 174 g/mol. The van der Waals surface area contributed by atoms with Crippen LogP contribution in [0, 0.1) is 0 Å². The Hall–Kier alpha value is -1.14. The van der Waals surface area contributed by atoms with Crippen molar-refractivity contribution in [2.75, 3.05) is 20.1 Å². The summed E-state index contributed by atoms with van der Waals surface area (Å²) in [6.45, 7) is 0.907. The molecule has 0 fully saturated rings. The fourth-order valence-corrected chi connectivity index (χ4v) is 0.372. The van der Waals surface area contributed by atoms with Crippen molar-refractivity contribution in [3.05, 3.63) is 0 Å². The first-order valence-electron chi connectivity index (χ1n) is 3.89. The third-order valence-corrected chi connectivity index (χ3v) is 0.980. The molecule has 0 aromatic heterocycles. The third kappa shape index (κ3) is 24.8. The van der Waals surface area contributed by atoms with E-state index >= 15 is 0 Å². The van der Waals surface area contributed by atoms with Gasteiger partial charge in [0.25, 0.3) is 0 Å². The lowest BCUT2D eigenvalue weighted by atomic mass is 10.4. The maximum Gasteiger partial charge on any atom is 0.304 e. The summed E-state index contributed by atoms with van der Waals surface area (Å²) in [5, 5.41) is 10.6. The van der Waals surface area contributed by atoms with Gasteiger partial charge in [0, 0.05) is 19.5 Å². The van der Waals surface area contributed by atoms with E-state index in [-0.39, 0.29) is 18.9 Å². The number of nitrogens with one attached hydrogen (secondary N) is 1. The number of carboxylic acid groups (broad SMARTS) is 1. The van der Waals surface area contributed by atoms with Crippen LogP contribution in [0.4, 0.5) is 0 Å². The molecule has 0 aliphatic carbocycles. The highest BCUT2D eigenvalue weighted by atomic mass is 16.4. The van der Waals surface area contributed by atoms with E-state index in [1.165, 1.54) is 0 Å². The predicted molar refractivity (Wildman–Crippen MR) is 49.0 cm³/mol. The van der Waals surface area contributed by atoms with Crippen LogP contribution in [0.2, 0.25) is 0 Å². The molecule has 0 aliphatic heterocycles. The fraction of sp³-hybridized carbons (Fsp3) is 0.714. The summed E-state index contributed by atoms with van der Waals surface area (Å²) in [5.74, 6) is -1.09. The maximum atomic E-state index is 9.94. The van der Waals surface area contributed by atoms with E-state index in [0.29, 0.717) is 13.0 Å². The lowest BCUT2D eigenvalue weighted by Crippen LogP contribution is -2.18. The van der Waals surface area contributed by atoms with Crippen LogP contribution in [0.1, 0.15) is 12.8 Å². The summed E-state index contributed by atoms with van der Waals surface area (Å²) < 4.78 is 0. The highest BCUT2D eigenvalue weighted by Crippen LogP contribution is 1.68. The zero-order valence-corrected chi connectivity index (χ0v) is 7.75. The number of hydrogen-bond acceptors (Lipinski definition) is 4. The van der Waals surface area contributed by atoms with Crippen LogP contribution in [-0.2, 0) is 9.59 Å². The quantitative estimate of drug-likeness (QED) is 0.422. The molecule has 0 atom stereocenters. The van der Waals surface area contributed by atoms with Gasteiger partial charge in [0.2, 0.25) is 5.91 Å². The zero-order valence-electron chi connectivity index (χ0n) is 7.75. The molecule has 0 bridgehead atoms. The summed E-state index contributed by atoms with van der Waals surface area (Å²) >= 11 is 0. The minimum Gasteiger partial charge on any atom is -0.481 e. The smallest absolute Gasteiger partial charge is 0.304 e. The third-order valence-electron chi connectivity index (χ3n) is 0.980. The van der Waals surface area contributed by atoms with E-state index in [1.54, 1.807) is 7.05 Å². The molecule has 0 saturated carbocycles. The molecule has 6 heteroatoms. The normalized spacial score (nSPS) is 8.46. The number of carbonyl (C=O) groups is 2. The Morgan fingerprint density at radius 2 is 1.92 bits per heavy atom. The molecule has 6 N–H and O–H groups in total. The van der Waals surface area contributed by atoms with Crippen molar-refractivity contribution in [3.63, 3.8) is 0 Å². The Morgan fingerprint density at radius 1 is 1.38 bits per heavy atom. The van der Waals surface area contributed by atoms with Crippen molar-refractivity contribution in [2.24, 2.45) is 11.5 Å². The minimum atomic E-state index is -0.836. The molecular formula is C7H17N3O3. The Morgan fingerprint density at radius 3 is 2.00 bits per heavy atom. The lowest BCUT2D eigenvalue weighted by Gasteiger charge is -1.89. The van der Waals surface area contributed by atoms with Crippen LogP contribution < -0.4 is 16.8 Å². The molecule has 0 heterocycles. The van der Waals surface area contributed by atoms with Gasteiger partial charge in [-0.2, -0.15) is 0 Å². The molecule has 78 valence electrons. The van der Waals surface area contributed by atoms with E-state index in [1.807, 2.05) is 0 Å². The SMILES string of the molecule is CNCCC(N)=O.NCCC(=O)O. The second-order valence-electron chi connectivity index (χ2n) is 2.25. The van der Waals surface area contributed by atoms with Gasteiger partial charge in [-0.15, -0.1) is 0 Å². The second kappa shape index (κ2) is 10.9. The number of carboxylic acids is 1. The van der Waals surface area contributed by atoms with E-state index < -0.39 is 5.97 Å². The molecule has 0 unspecified atom stereocenters. The molecule has 13 heavy (non-hydrogen) atoms. The minimum absolute atomic E-state index is 0.0694. The molecule has 0 radical (unpaired) electrons. The molecule has 0 spiro atoms. The highest BCUT2D eigenvalue weighted by Gasteiger charge is 1.88. The van der Waals surface area contributed by atoms with Crippen LogP contribution in [0.3, 0.4) is 0 Å². The highest BCUT2D eigenvalue weighted by molar-refractivity contribution is 5.73. The van der Waals surface area contributed by atoms with Gasteiger partial charge in [-0.1, -0.05) is 0 Å². The fourth-order valence-electron chi connectivity index (χ4n) is 0.372. The van der Waals surface area contributed by atoms with Crippen LogP contribution in [-0.4, -0.2) is 37.1 Å². The number of primary amides is 1. The second-order valence-corrected chi connectivity index (χ2v) is 2.25. The van der Waals surface area contributed by atoms with Crippen LogP contribution in [0.15, 0.2) is 0 Å². The monoisotopic (exact) mass is 191 g/mol. The van der Waals surface area contributed by atoms with Gasteiger partial charge in [0.05, 0.1) is 6.42 Å². The van der Waals surface area contributed by atoms with Gasteiger partial charge in [0.1, 0.15) is 0 Å². The topological polar surface area (TPSA) is 118 Å². The number of nitrogens with two attached hydrogens (primary N) is 2. The Labute approximate surface area is 77.3 Å². The van der Waals surface area contributed by atoms with Gasteiger partial charge in [0.15, 0.2) is 0 Å². The average molecular weight is 191 g/mol. The molecule has 0 aliphatic rings. The number of amides is 1. The Balaban J connectivity index is 0. The summed E-state index contributed by atoms with van der Waals surface area (Å²) in [5.41, 5.74) is 9.65. The average Bonchev–Trinajstić information content (AvgIpc) is 2.01. The number of aliphatic carboxylic acids is 1. The summed E-state index contributed by atoms with van der Waals surface area (Å²) in [6.07, 6.45) is 0.497. The molecule has 1 amide bonds. The predicted octanol–water partition coefficient (Wildman–Crippen LogP) is -1.50. The van der Waals surface area contributed by atoms with Crippen LogP contribution in [0.25, 0.3) is 0 Å².